The Hall–Kier alpha value is -1.32. The highest BCUT2D eigenvalue weighted by molar-refractivity contribution is 6.08. The number of aliphatic hydroxyl groups excluding tert-OH is 1. The van der Waals surface area contributed by atoms with E-state index in [2.05, 4.69) is 4.74 Å². The van der Waals surface area contributed by atoms with Crippen LogP contribution < -0.4 is 0 Å². The highest BCUT2D eigenvalue weighted by Gasteiger charge is 2.10. The van der Waals surface area contributed by atoms with Crippen LogP contribution in [0.25, 0.3) is 0 Å². The second kappa shape index (κ2) is 4.49. The third-order valence-corrected chi connectivity index (χ3v) is 1.03. The van der Waals surface area contributed by atoms with Crippen molar-refractivity contribution in [2.75, 3.05) is 6.61 Å². The molecule has 0 atom stereocenters. The van der Waals surface area contributed by atoms with Gasteiger partial charge in [-0.05, 0) is 13.8 Å². The molecule has 0 aliphatic heterocycles. The number of carbonyl (C=O) groups is 1. The molecule has 0 unspecified atom stereocenters. The first-order chi connectivity index (χ1) is 5.13. The van der Waals surface area contributed by atoms with Crippen molar-refractivity contribution in [3.05, 3.63) is 11.3 Å². The standard InChI is InChI=1S/C7H11NO3/c1-3-11-7(10)6(4-8)5(2)9/h4,8-9H,3H2,1-2H3. The fourth-order valence-electron chi connectivity index (χ4n) is 0.520. The van der Waals surface area contributed by atoms with Crippen LogP contribution in [-0.4, -0.2) is 23.9 Å². The largest absolute Gasteiger partial charge is 0.512 e. The molecule has 0 rings (SSSR count). The van der Waals surface area contributed by atoms with Gasteiger partial charge in [-0.1, -0.05) is 0 Å². The number of hydrogen-bond donors (Lipinski definition) is 2. The Kier molecular flexibility index (Phi) is 3.95. The zero-order valence-corrected chi connectivity index (χ0v) is 6.55. The van der Waals surface area contributed by atoms with Crippen molar-refractivity contribution in [2.24, 2.45) is 0 Å². The van der Waals surface area contributed by atoms with E-state index < -0.39 is 5.97 Å². The molecule has 4 heteroatoms. The maximum Gasteiger partial charge on any atom is 0.343 e. The van der Waals surface area contributed by atoms with Crippen molar-refractivity contribution in [2.45, 2.75) is 13.8 Å². The molecule has 0 aliphatic carbocycles. The molecule has 0 amide bonds. The van der Waals surface area contributed by atoms with Gasteiger partial charge in [-0.15, -0.1) is 0 Å². The topological polar surface area (TPSA) is 70.4 Å². The molecule has 0 aromatic heterocycles. The Morgan fingerprint density at radius 3 is 2.55 bits per heavy atom. The summed E-state index contributed by atoms with van der Waals surface area (Å²) in [7, 11) is 0. The second-order valence-electron chi connectivity index (χ2n) is 1.86. The van der Waals surface area contributed by atoms with E-state index >= 15 is 0 Å². The van der Waals surface area contributed by atoms with Crippen LogP contribution in [-0.2, 0) is 9.53 Å². The lowest BCUT2D eigenvalue weighted by atomic mass is 10.2. The molecule has 62 valence electrons. The SMILES string of the molecule is CCOC(=O)C(C=N)=C(C)O. The average molecular weight is 157 g/mol. The van der Waals surface area contributed by atoms with Gasteiger partial charge in [0.05, 0.1) is 6.61 Å². The van der Waals surface area contributed by atoms with Crippen LogP contribution in [0.15, 0.2) is 11.3 Å². The fraction of sp³-hybridized carbons (Fsp3) is 0.429. The lowest BCUT2D eigenvalue weighted by molar-refractivity contribution is -0.138. The van der Waals surface area contributed by atoms with Gasteiger partial charge in [0.1, 0.15) is 11.3 Å². The van der Waals surface area contributed by atoms with Gasteiger partial charge in [0.15, 0.2) is 0 Å². The van der Waals surface area contributed by atoms with E-state index in [9.17, 15) is 4.79 Å². The number of carbonyl (C=O) groups excluding carboxylic acids is 1. The van der Waals surface area contributed by atoms with Crippen LogP contribution in [0.4, 0.5) is 0 Å². The highest BCUT2D eigenvalue weighted by atomic mass is 16.5. The monoisotopic (exact) mass is 157 g/mol. The number of allylic oxidation sites excluding steroid dienone is 1. The van der Waals surface area contributed by atoms with Crippen molar-refractivity contribution in [3.8, 4) is 0 Å². The average Bonchev–Trinajstić information content (AvgIpc) is 1.88. The van der Waals surface area contributed by atoms with Gasteiger partial charge in [-0.2, -0.15) is 0 Å². The second-order valence-corrected chi connectivity index (χ2v) is 1.86. The lowest BCUT2D eigenvalue weighted by Crippen LogP contribution is -2.10. The molecule has 0 fully saturated rings. The van der Waals surface area contributed by atoms with Gasteiger partial charge in [0.2, 0.25) is 0 Å². The van der Waals surface area contributed by atoms with E-state index in [0.29, 0.717) is 0 Å². The summed E-state index contributed by atoms with van der Waals surface area (Å²) in [6.07, 6.45) is 0.771. The molecule has 11 heavy (non-hydrogen) atoms. The first kappa shape index (κ1) is 9.68. The molecule has 4 nitrogen and oxygen atoms in total. The zero-order valence-electron chi connectivity index (χ0n) is 6.55. The molecule has 0 radical (unpaired) electrons. The van der Waals surface area contributed by atoms with E-state index in [4.69, 9.17) is 10.5 Å². The van der Waals surface area contributed by atoms with Gasteiger partial charge in [0.25, 0.3) is 0 Å². The molecule has 0 bridgehead atoms. The van der Waals surface area contributed by atoms with Crippen molar-refractivity contribution >= 4 is 12.2 Å². The molecule has 0 aliphatic rings. The van der Waals surface area contributed by atoms with Crippen LogP contribution >= 0.6 is 0 Å². The molecule has 0 spiro atoms. The molecule has 0 heterocycles. The predicted octanol–water partition coefficient (Wildman–Crippen LogP) is 1.03. The van der Waals surface area contributed by atoms with Gasteiger partial charge in [-0.3, -0.25) is 0 Å². The summed E-state index contributed by atoms with van der Waals surface area (Å²) >= 11 is 0. The molecular formula is C7H11NO3. The van der Waals surface area contributed by atoms with Gasteiger partial charge in [0, 0.05) is 6.21 Å². The Labute approximate surface area is 65.0 Å². The normalized spacial score (nSPS) is 11.8. The van der Waals surface area contributed by atoms with Crippen LogP contribution in [0.3, 0.4) is 0 Å². The summed E-state index contributed by atoms with van der Waals surface area (Å²) < 4.78 is 4.55. The first-order valence-electron chi connectivity index (χ1n) is 3.20. The van der Waals surface area contributed by atoms with E-state index in [-0.39, 0.29) is 17.9 Å². The molecule has 2 N–H and O–H groups in total. The quantitative estimate of drug-likeness (QED) is 0.278. The van der Waals surface area contributed by atoms with Crippen molar-refractivity contribution in [1.29, 1.82) is 5.41 Å². The highest BCUT2D eigenvalue weighted by Crippen LogP contribution is 1.99. The number of esters is 1. The van der Waals surface area contributed by atoms with Crippen LogP contribution in [0.5, 0.6) is 0 Å². The molecule has 0 saturated carbocycles. The third-order valence-electron chi connectivity index (χ3n) is 1.03. The maximum absolute atomic E-state index is 10.8. The number of rotatable bonds is 3. The number of ether oxygens (including phenoxy) is 1. The summed E-state index contributed by atoms with van der Waals surface area (Å²) in [5.74, 6) is -0.860. The summed E-state index contributed by atoms with van der Waals surface area (Å²) in [4.78, 5) is 10.8. The minimum absolute atomic E-state index is 0.105. The molecule has 0 aromatic rings. The van der Waals surface area contributed by atoms with E-state index in [0.717, 1.165) is 6.21 Å². The van der Waals surface area contributed by atoms with Crippen LogP contribution in [0, 0.1) is 5.41 Å². The van der Waals surface area contributed by atoms with E-state index in [1.807, 2.05) is 0 Å². The van der Waals surface area contributed by atoms with Crippen molar-refractivity contribution in [1.82, 2.24) is 0 Å². The smallest absolute Gasteiger partial charge is 0.343 e. The summed E-state index contributed by atoms with van der Waals surface area (Å²) in [6.45, 7) is 3.23. The van der Waals surface area contributed by atoms with Gasteiger partial charge < -0.3 is 15.3 Å². The Morgan fingerprint density at radius 2 is 2.27 bits per heavy atom. The lowest BCUT2D eigenvalue weighted by Gasteiger charge is -2.01. The summed E-state index contributed by atoms with van der Waals surface area (Å²) in [5.41, 5.74) is -0.105. The predicted molar refractivity (Wildman–Crippen MR) is 40.7 cm³/mol. The van der Waals surface area contributed by atoms with E-state index in [1.54, 1.807) is 6.92 Å². The van der Waals surface area contributed by atoms with Gasteiger partial charge >= 0.3 is 5.97 Å². The molecular weight excluding hydrogens is 146 g/mol. The Bertz CT molecular complexity index is 192. The summed E-state index contributed by atoms with van der Waals surface area (Å²) in [5, 5.41) is 15.6. The number of hydrogen-bond acceptors (Lipinski definition) is 4. The third kappa shape index (κ3) is 2.84. The minimum atomic E-state index is -0.664. The summed E-state index contributed by atoms with van der Waals surface area (Å²) in [6, 6.07) is 0. The maximum atomic E-state index is 10.8. The van der Waals surface area contributed by atoms with Crippen LogP contribution in [0.1, 0.15) is 13.8 Å². The zero-order chi connectivity index (χ0) is 8.85. The Morgan fingerprint density at radius 1 is 1.73 bits per heavy atom. The minimum Gasteiger partial charge on any atom is -0.512 e. The fourth-order valence-corrected chi connectivity index (χ4v) is 0.520. The first-order valence-corrected chi connectivity index (χ1v) is 3.20. The Balaban J connectivity index is 4.40. The van der Waals surface area contributed by atoms with Crippen molar-refractivity contribution < 1.29 is 14.6 Å². The van der Waals surface area contributed by atoms with Crippen molar-refractivity contribution in [3.63, 3.8) is 0 Å². The molecule has 0 aromatic carbocycles. The molecule has 0 saturated heterocycles. The number of nitrogens with one attached hydrogen (secondary N) is 1. The van der Waals surface area contributed by atoms with Crippen LogP contribution in [0.2, 0.25) is 0 Å². The van der Waals surface area contributed by atoms with E-state index in [1.165, 1.54) is 6.92 Å². The number of aliphatic hydroxyl groups is 1. The van der Waals surface area contributed by atoms with Gasteiger partial charge in [-0.25, -0.2) is 4.79 Å².